The Morgan fingerprint density at radius 1 is 0.977 bits per heavy atom. The summed E-state index contributed by atoms with van der Waals surface area (Å²) in [5, 5.41) is 15.6. The third kappa shape index (κ3) is 9.06. The van der Waals surface area contributed by atoms with E-state index in [1.807, 2.05) is 12.1 Å². The summed E-state index contributed by atoms with van der Waals surface area (Å²) in [7, 11) is 1.53. The monoisotopic (exact) mass is 624 g/mol. The van der Waals surface area contributed by atoms with Crippen LogP contribution in [0.5, 0.6) is 17.2 Å². The largest absolute Gasteiger partial charge is 0.496 e. The van der Waals surface area contributed by atoms with E-state index in [2.05, 4.69) is 21.7 Å². The van der Waals surface area contributed by atoms with Crippen molar-refractivity contribution in [3.63, 3.8) is 0 Å². The molecule has 0 aliphatic carbocycles. The van der Waals surface area contributed by atoms with Crippen molar-refractivity contribution < 1.29 is 23.4 Å². The zero-order chi connectivity index (χ0) is 29.9. The molecule has 0 aliphatic rings. The smallest absolute Gasteiger partial charge is 0.216 e. The van der Waals surface area contributed by atoms with Crippen LogP contribution in [0.2, 0.25) is 5.02 Å². The van der Waals surface area contributed by atoms with Crippen LogP contribution in [0.1, 0.15) is 29.2 Å². The summed E-state index contributed by atoms with van der Waals surface area (Å²) in [4.78, 5) is 15.2. The molecule has 11 heteroatoms. The van der Waals surface area contributed by atoms with Gasteiger partial charge in [-0.2, -0.15) is 5.26 Å². The molecule has 3 aromatic carbocycles. The van der Waals surface area contributed by atoms with Crippen LogP contribution in [-0.2, 0) is 24.6 Å². The Labute approximate surface area is 261 Å². The molecular formula is C32H31Cl2FN4O4. The van der Waals surface area contributed by atoms with Crippen LogP contribution in [0.25, 0.3) is 11.1 Å². The quantitative estimate of drug-likeness (QED) is 0.170. The molecule has 1 aromatic heterocycles. The van der Waals surface area contributed by atoms with Gasteiger partial charge in [0.15, 0.2) is 0 Å². The van der Waals surface area contributed by atoms with Gasteiger partial charge in [0, 0.05) is 72.8 Å². The van der Waals surface area contributed by atoms with Gasteiger partial charge in [-0.3, -0.25) is 9.78 Å². The highest BCUT2D eigenvalue weighted by Crippen LogP contribution is 2.37. The van der Waals surface area contributed by atoms with Crippen LogP contribution in [0.15, 0.2) is 73.1 Å². The summed E-state index contributed by atoms with van der Waals surface area (Å²) in [6.07, 6.45) is 3.12. The lowest BCUT2D eigenvalue weighted by molar-refractivity contribution is -0.118. The van der Waals surface area contributed by atoms with Crippen LogP contribution >= 0.6 is 24.0 Å². The highest BCUT2D eigenvalue weighted by atomic mass is 35.5. The first kappa shape index (κ1) is 33.1. The Hall–Kier alpha value is -4.36. The summed E-state index contributed by atoms with van der Waals surface area (Å²) < 4.78 is 32.5. The van der Waals surface area contributed by atoms with Crippen molar-refractivity contribution in [1.82, 2.24) is 15.6 Å². The number of pyridine rings is 1. The SMILES string of the molecule is COc1c(COc2cc(OCc3cncc(C#N)c3)c(CNCCNC(C)=O)cc2Cl)cccc1-c1ccccc1F.Cl. The second-order valence-corrected chi connectivity index (χ2v) is 9.71. The Morgan fingerprint density at radius 3 is 2.49 bits per heavy atom. The van der Waals surface area contributed by atoms with E-state index in [1.54, 1.807) is 48.7 Å². The van der Waals surface area contributed by atoms with Gasteiger partial charge in [0.25, 0.3) is 0 Å². The number of carbonyl (C=O) groups excluding carboxylic acids is 1. The molecule has 0 fully saturated rings. The Kier molecular flexibility index (Phi) is 12.6. The number of hydrogen-bond donors (Lipinski definition) is 2. The lowest BCUT2D eigenvalue weighted by Gasteiger charge is -2.18. The van der Waals surface area contributed by atoms with Crippen LogP contribution in [0, 0.1) is 17.1 Å². The molecule has 0 saturated carbocycles. The van der Waals surface area contributed by atoms with E-state index in [1.165, 1.54) is 26.3 Å². The number of aromatic nitrogens is 1. The number of ether oxygens (including phenoxy) is 3. The molecule has 0 atom stereocenters. The number of para-hydroxylation sites is 1. The molecule has 0 saturated heterocycles. The van der Waals surface area contributed by atoms with Crippen molar-refractivity contribution in [3.05, 3.63) is 106 Å². The molecule has 1 heterocycles. The fourth-order valence-electron chi connectivity index (χ4n) is 4.28. The molecule has 224 valence electrons. The van der Waals surface area contributed by atoms with Gasteiger partial charge in [0.2, 0.25) is 5.91 Å². The molecular weight excluding hydrogens is 594 g/mol. The number of nitriles is 1. The lowest BCUT2D eigenvalue weighted by atomic mass is 10.0. The van der Waals surface area contributed by atoms with Gasteiger partial charge in [0.1, 0.15) is 42.3 Å². The third-order valence-electron chi connectivity index (χ3n) is 6.27. The number of halogens is 3. The average Bonchev–Trinajstić information content (AvgIpc) is 2.99. The molecule has 8 nitrogen and oxygen atoms in total. The maximum Gasteiger partial charge on any atom is 0.216 e. The summed E-state index contributed by atoms with van der Waals surface area (Å²) in [6.45, 7) is 3.17. The zero-order valence-corrected chi connectivity index (χ0v) is 25.2. The van der Waals surface area contributed by atoms with E-state index in [9.17, 15) is 14.4 Å². The number of methoxy groups -OCH3 is 1. The van der Waals surface area contributed by atoms with Crippen molar-refractivity contribution in [2.75, 3.05) is 20.2 Å². The Bertz CT molecular complexity index is 1600. The maximum absolute atomic E-state index is 14.6. The minimum absolute atomic E-state index is 0. The van der Waals surface area contributed by atoms with E-state index < -0.39 is 0 Å². The van der Waals surface area contributed by atoms with Gasteiger partial charge in [0.05, 0.1) is 17.7 Å². The first-order chi connectivity index (χ1) is 20.4. The van der Waals surface area contributed by atoms with Gasteiger partial charge < -0.3 is 24.8 Å². The van der Waals surface area contributed by atoms with Crippen molar-refractivity contribution >= 4 is 29.9 Å². The van der Waals surface area contributed by atoms with Crippen molar-refractivity contribution in [2.24, 2.45) is 0 Å². The van der Waals surface area contributed by atoms with E-state index in [4.69, 9.17) is 25.8 Å². The highest BCUT2D eigenvalue weighted by Gasteiger charge is 2.16. The maximum atomic E-state index is 14.6. The number of carbonyl (C=O) groups is 1. The average molecular weight is 626 g/mol. The first-order valence-corrected chi connectivity index (χ1v) is 13.6. The second kappa shape index (κ2) is 16.3. The van der Waals surface area contributed by atoms with Crippen LogP contribution in [0.4, 0.5) is 4.39 Å². The van der Waals surface area contributed by atoms with Crippen LogP contribution < -0.4 is 24.8 Å². The molecule has 0 unspecified atom stereocenters. The van der Waals surface area contributed by atoms with Crippen molar-refractivity contribution in [1.29, 1.82) is 5.26 Å². The molecule has 0 aliphatic heterocycles. The molecule has 0 radical (unpaired) electrons. The summed E-state index contributed by atoms with van der Waals surface area (Å²) >= 11 is 6.64. The summed E-state index contributed by atoms with van der Waals surface area (Å²) in [6, 6.07) is 19.2. The molecule has 4 rings (SSSR count). The number of amides is 1. The van der Waals surface area contributed by atoms with Crippen molar-refractivity contribution in [3.8, 4) is 34.4 Å². The van der Waals surface area contributed by atoms with Crippen LogP contribution in [-0.4, -0.2) is 31.1 Å². The van der Waals surface area contributed by atoms with E-state index in [0.29, 0.717) is 64.2 Å². The van der Waals surface area contributed by atoms with Gasteiger partial charge in [-0.25, -0.2) is 4.39 Å². The van der Waals surface area contributed by atoms with E-state index >= 15 is 0 Å². The zero-order valence-electron chi connectivity index (χ0n) is 23.7. The molecule has 43 heavy (non-hydrogen) atoms. The van der Waals surface area contributed by atoms with Gasteiger partial charge in [-0.05, 0) is 18.2 Å². The van der Waals surface area contributed by atoms with E-state index in [0.717, 1.165) is 11.1 Å². The van der Waals surface area contributed by atoms with Gasteiger partial charge in [-0.15, -0.1) is 12.4 Å². The number of rotatable bonds is 13. The summed E-state index contributed by atoms with van der Waals surface area (Å²) in [5.41, 5.74) is 3.68. The highest BCUT2D eigenvalue weighted by molar-refractivity contribution is 6.32. The Morgan fingerprint density at radius 2 is 1.74 bits per heavy atom. The van der Waals surface area contributed by atoms with Gasteiger partial charge in [-0.1, -0.05) is 48.0 Å². The van der Waals surface area contributed by atoms with Crippen molar-refractivity contribution in [2.45, 2.75) is 26.7 Å². The molecule has 0 bridgehead atoms. The minimum atomic E-state index is -0.351. The topological polar surface area (TPSA) is 106 Å². The molecule has 4 aromatic rings. The van der Waals surface area contributed by atoms with Gasteiger partial charge >= 0.3 is 0 Å². The number of nitrogens with zero attached hydrogens (tertiary/aromatic N) is 2. The number of hydrogen-bond acceptors (Lipinski definition) is 7. The molecule has 0 spiro atoms. The molecule has 2 N–H and O–H groups in total. The number of nitrogens with one attached hydrogen (secondary N) is 2. The summed E-state index contributed by atoms with van der Waals surface area (Å²) in [5.74, 6) is 0.956. The predicted molar refractivity (Wildman–Crippen MR) is 165 cm³/mol. The number of benzene rings is 3. The molecule has 1 amide bonds. The van der Waals surface area contributed by atoms with E-state index in [-0.39, 0.29) is 37.3 Å². The predicted octanol–water partition coefficient (Wildman–Crippen LogP) is 6.23. The fraction of sp³-hybridized carbons (Fsp3) is 0.219. The first-order valence-electron chi connectivity index (χ1n) is 13.2. The fourth-order valence-corrected chi connectivity index (χ4v) is 4.53. The van der Waals surface area contributed by atoms with Crippen LogP contribution in [0.3, 0.4) is 0 Å². The third-order valence-corrected chi connectivity index (χ3v) is 6.57. The lowest BCUT2D eigenvalue weighted by Crippen LogP contribution is -2.30. The standard InChI is InChI=1S/C32H30ClFN4O4.ClH/c1-21(39)38-11-10-36-18-25-13-28(33)31(14-30(25)41-19-23-12-22(15-35)16-37-17-23)42-20-24-6-5-8-27(32(24)40-2)26-7-3-4-9-29(26)34;/h3-9,12-14,16-17,36H,10-11,18-20H2,1-2H3,(H,38,39);1H. The Balaban J connectivity index is 0.00000506. The normalized spacial score (nSPS) is 10.3. The minimum Gasteiger partial charge on any atom is -0.496 e. The second-order valence-electron chi connectivity index (χ2n) is 9.30.